The van der Waals surface area contributed by atoms with Gasteiger partial charge in [-0.1, -0.05) is 49.4 Å². The van der Waals surface area contributed by atoms with E-state index in [2.05, 4.69) is 42.5 Å². The Balaban J connectivity index is 1.98. The molecule has 0 N–H and O–H groups in total. The van der Waals surface area contributed by atoms with E-state index in [1.807, 2.05) is 34.6 Å². The average Bonchev–Trinajstić information content (AvgIpc) is 2.92. The minimum atomic E-state index is -0.642. The van der Waals surface area contributed by atoms with Gasteiger partial charge in [0.25, 0.3) is 0 Å². The Bertz CT molecular complexity index is 784. The monoisotopic (exact) mass is 322 g/mol. The third-order valence-corrected chi connectivity index (χ3v) is 5.28. The summed E-state index contributed by atoms with van der Waals surface area (Å²) in [5, 5.41) is 0. The van der Waals surface area contributed by atoms with E-state index >= 15 is 0 Å². The fraction of sp³-hybridized carbons (Fsp3) is 0.409. The maximum absolute atomic E-state index is 12.6. The number of rotatable bonds is 4. The molecule has 0 aromatic heterocycles. The van der Waals surface area contributed by atoms with E-state index in [9.17, 15) is 4.79 Å². The van der Waals surface area contributed by atoms with Crippen molar-refractivity contribution in [2.24, 2.45) is 5.41 Å². The lowest BCUT2D eigenvalue weighted by molar-refractivity contribution is -0.168. The topological polar surface area (TPSA) is 26.3 Å². The fourth-order valence-corrected chi connectivity index (χ4v) is 3.29. The minimum absolute atomic E-state index is 0.136. The molecule has 0 unspecified atom stereocenters. The second-order valence-corrected chi connectivity index (χ2v) is 7.80. The lowest BCUT2D eigenvalue weighted by Gasteiger charge is -2.32. The molecule has 0 saturated carbocycles. The zero-order valence-electron chi connectivity index (χ0n) is 15.3. The number of carbonyl (C=O) groups is 1. The molecule has 0 saturated heterocycles. The summed E-state index contributed by atoms with van der Waals surface area (Å²) in [5.41, 5.74) is 5.19. The van der Waals surface area contributed by atoms with Crippen LogP contribution in [0.15, 0.2) is 42.5 Å². The van der Waals surface area contributed by atoms with Gasteiger partial charge in [-0.15, -0.1) is 0 Å². The normalized spacial score (nSPS) is 13.4. The second kappa shape index (κ2) is 5.77. The zero-order chi connectivity index (χ0) is 17.5. The highest BCUT2D eigenvalue weighted by Crippen LogP contribution is 2.42. The predicted octanol–water partition coefficient (Wildman–Crippen LogP) is 5.47. The summed E-state index contributed by atoms with van der Waals surface area (Å²) >= 11 is 0. The molecule has 0 radical (unpaired) electrons. The third kappa shape index (κ3) is 2.75. The molecule has 0 bridgehead atoms. The Kier molecular flexibility index (Phi) is 4.03. The van der Waals surface area contributed by atoms with Crippen molar-refractivity contribution >= 4 is 5.97 Å². The van der Waals surface area contributed by atoms with Crippen molar-refractivity contribution in [2.75, 3.05) is 0 Å². The number of carbonyl (C=O) groups excluding carboxylic acids is 1. The van der Waals surface area contributed by atoms with Crippen LogP contribution in [0, 0.1) is 5.41 Å². The molecule has 2 heteroatoms. The van der Waals surface area contributed by atoms with Gasteiger partial charge in [0.1, 0.15) is 5.60 Å². The molecule has 0 aliphatic heterocycles. The Morgan fingerprint density at radius 2 is 1.67 bits per heavy atom. The molecule has 0 spiro atoms. The summed E-state index contributed by atoms with van der Waals surface area (Å²) in [4.78, 5) is 12.6. The Labute approximate surface area is 144 Å². The van der Waals surface area contributed by atoms with Crippen molar-refractivity contribution < 1.29 is 9.53 Å². The highest BCUT2D eigenvalue weighted by Gasteiger charge is 2.36. The van der Waals surface area contributed by atoms with E-state index in [1.165, 1.54) is 22.3 Å². The minimum Gasteiger partial charge on any atom is -0.454 e. The molecule has 0 amide bonds. The number of fused-ring (bicyclic) bond motifs is 3. The zero-order valence-corrected chi connectivity index (χ0v) is 15.3. The van der Waals surface area contributed by atoms with Crippen LogP contribution in [-0.2, 0) is 21.6 Å². The summed E-state index contributed by atoms with van der Waals surface area (Å²) in [6, 6.07) is 14.8. The standard InChI is InChI=1S/C22H26O2/c1-6-21(2,3)20(23)24-22(4,5)19-13-9-12-17-16-11-8-7-10-15(16)14-18(17)19/h7-13H,6,14H2,1-5H3. The van der Waals surface area contributed by atoms with E-state index in [-0.39, 0.29) is 5.97 Å². The smallest absolute Gasteiger partial charge is 0.312 e. The first kappa shape index (κ1) is 16.8. The first-order chi connectivity index (χ1) is 11.3. The quantitative estimate of drug-likeness (QED) is 0.595. The Morgan fingerprint density at radius 1 is 1.00 bits per heavy atom. The van der Waals surface area contributed by atoms with Gasteiger partial charge in [-0.3, -0.25) is 4.79 Å². The van der Waals surface area contributed by atoms with Gasteiger partial charge in [-0.05, 0) is 68.4 Å². The van der Waals surface area contributed by atoms with E-state index in [0.29, 0.717) is 0 Å². The molecule has 126 valence electrons. The lowest BCUT2D eigenvalue weighted by Crippen LogP contribution is -2.34. The number of hydrogen-bond donors (Lipinski definition) is 0. The molecule has 2 nitrogen and oxygen atoms in total. The van der Waals surface area contributed by atoms with Gasteiger partial charge >= 0.3 is 5.97 Å². The summed E-state index contributed by atoms with van der Waals surface area (Å²) in [7, 11) is 0. The van der Waals surface area contributed by atoms with Gasteiger partial charge in [0.15, 0.2) is 0 Å². The van der Waals surface area contributed by atoms with E-state index < -0.39 is 11.0 Å². The fourth-order valence-electron chi connectivity index (χ4n) is 3.29. The van der Waals surface area contributed by atoms with Crippen LogP contribution in [0.2, 0.25) is 0 Å². The molecule has 0 atom stereocenters. The van der Waals surface area contributed by atoms with Gasteiger partial charge in [0.05, 0.1) is 5.41 Å². The molecule has 2 aromatic carbocycles. The highest BCUT2D eigenvalue weighted by molar-refractivity contribution is 5.79. The maximum Gasteiger partial charge on any atom is 0.312 e. The largest absolute Gasteiger partial charge is 0.454 e. The van der Waals surface area contributed by atoms with Gasteiger partial charge in [-0.2, -0.15) is 0 Å². The van der Waals surface area contributed by atoms with Crippen LogP contribution in [0.25, 0.3) is 11.1 Å². The van der Waals surface area contributed by atoms with Crippen molar-refractivity contribution in [1.29, 1.82) is 0 Å². The molecule has 1 aliphatic rings. The number of hydrogen-bond acceptors (Lipinski definition) is 2. The van der Waals surface area contributed by atoms with Gasteiger partial charge < -0.3 is 4.74 Å². The van der Waals surface area contributed by atoms with Crippen LogP contribution >= 0.6 is 0 Å². The van der Waals surface area contributed by atoms with Gasteiger partial charge in [0, 0.05) is 0 Å². The number of benzene rings is 2. The molecular formula is C22H26O2. The van der Waals surface area contributed by atoms with E-state index in [4.69, 9.17) is 4.74 Å². The van der Waals surface area contributed by atoms with Crippen LogP contribution in [0.3, 0.4) is 0 Å². The van der Waals surface area contributed by atoms with E-state index in [1.54, 1.807) is 0 Å². The SMILES string of the molecule is CCC(C)(C)C(=O)OC(C)(C)c1cccc2c1Cc1ccccc1-2. The van der Waals surface area contributed by atoms with Crippen molar-refractivity contribution in [1.82, 2.24) is 0 Å². The van der Waals surface area contributed by atoms with Crippen LogP contribution in [-0.4, -0.2) is 5.97 Å². The summed E-state index contributed by atoms with van der Waals surface area (Å²) in [5.74, 6) is -0.136. The summed E-state index contributed by atoms with van der Waals surface area (Å²) < 4.78 is 5.96. The van der Waals surface area contributed by atoms with Gasteiger partial charge in [0.2, 0.25) is 0 Å². The van der Waals surface area contributed by atoms with Crippen LogP contribution in [0.5, 0.6) is 0 Å². The van der Waals surface area contributed by atoms with Crippen molar-refractivity contribution in [3.8, 4) is 11.1 Å². The molecule has 0 fully saturated rings. The maximum atomic E-state index is 12.6. The first-order valence-electron chi connectivity index (χ1n) is 8.70. The molecule has 0 heterocycles. The highest BCUT2D eigenvalue weighted by atomic mass is 16.6. The molecule has 1 aliphatic carbocycles. The Hall–Kier alpha value is -2.09. The third-order valence-electron chi connectivity index (χ3n) is 5.28. The van der Waals surface area contributed by atoms with Crippen molar-refractivity contribution in [3.05, 3.63) is 59.2 Å². The predicted molar refractivity (Wildman–Crippen MR) is 97.9 cm³/mol. The first-order valence-corrected chi connectivity index (χ1v) is 8.70. The molecule has 2 aromatic rings. The number of esters is 1. The van der Waals surface area contributed by atoms with Crippen LogP contribution in [0.4, 0.5) is 0 Å². The van der Waals surface area contributed by atoms with Gasteiger partial charge in [-0.25, -0.2) is 0 Å². The average molecular weight is 322 g/mol. The second-order valence-electron chi connectivity index (χ2n) is 7.80. The lowest BCUT2D eigenvalue weighted by atomic mass is 9.87. The van der Waals surface area contributed by atoms with Crippen molar-refractivity contribution in [2.45, 2.75) is 53.1 Å². The molecular weight excluding hydrogens is 296 g/mol. The molecule has 24 heavy (non-hydrogen) atoms. The summed E-state index contributed by atoms with van der Waals surface area (Å²) in [6.45, 7) is 9.89. The van der Waals surface area contributed by atoms with Crippen LogP contribution in [0.1, 0.15) is 57.7 Å². The Morgan fingerprint density at radius 3 is 2.38 bits per heavy atom. The van der Waals surface area contributed by atoms with E-state index in [0.717, 1.165) is 18.4 Å². The molecule has 3 rings (SSSR count). The number of ether oxygens (including phenoxy) is 1. The van der Waals surface area contributed by atoms with Crippen LogP contribution < -0.4 is 0 Å². The van der Waals surface area contributed by atoms with Crippen molar-refractivity contribution in [3.63, 3.8) is 0 Å². The summed E-state index contributed by atoms with van der Waals surface area (Å²) in [6.07, 6.45) is 1.67.